The number of ether oxygens (including phenoxy) is 1. The lowest BCUT2D eigenvalue weighted by Crippen LogP contribution is -2.65. The van der Waals surface area contributed by atoms with Crippen LogP contribution in [0.15, 0.2) is 23.3 Å². The van der Waals surface area contributed by atoms with E-state index in [4.69, 9.17) is 4.74 Å². The quantitative estimate of drug-likeness (QED) is 0.158. The monoisotopic (exact) mass is 533 g/mol. The molecule has 0 spiro atoms. The van der Waals surface area contributed by atoms with Crippen LogP contribution >= 0.6 is 0 Å². The Bertz CT molecular complexity index is 1160. The number of unbranched alkanes of at least 4 members (excludes halogenated alkanes) is 1. The average Bonchev–Trinajstić information content (AvgIpc) is 2.89. The highest BCUT2D eigenvalue weighted by atomic mass is 16.5. The number of esters is 1. The number of Topliss-reactive ketones (excluding diaryl/α,β-unsaturated/α-hetero) is 1. The third-order valence-corrected chi connectivity index (χ3v) is 13.7. The molecule has 0 bridgehead atoms. The van der Waals surface area contributed by atoms with Crippen molar-refractivity contribution in [2.75, 3.05) is 6.61 Å². The molecule has 3 unspecified atom stereocenters. The molecule has 3 saturated carbocycles. The van der Waals surface area contributed by atoms with Crippen LogP contribution in [-0.4, -0.2) is 18.4 Å². The van der Waals surface area contributed by atoms with E-state index in [2.05, 4.69) is 60.6 Å². The molecule has 0 heterocycles. The number of ketones is 1. The third-order valence-electron chi connectivity index (χ3n) is 13.7. The number of carbonyl (C=O) groups excluding carboxylic acids is 2. The van der Waals surface area contributed by atoms with Crippen molar-refractivity contribution < 1.29 is 14.3 Å². The van der Waals surface area contributed by atoms with Crippen molar-refractivity contribution in [2.24, 2.45) is 56.7 Å². The van der Waals surface area contributed by atoms with Crippen LogP contribution in [0, 0.1) is 68.0 Å². The van der Waals surface area contributed by atoms with Crippen molar-refractivity contribution in [1.82, 2.24) is 0 Å². The molecular formula is C35H51NO3. The zero-order valence-corrected chi connectivity index (χ0v) is 25.8. The first-order valence-electron chi connectivity index (χ1n) is 15.8. The summed E-state index contributed by atoms with van der Waals surface area (Å²) < 4.78 is 5.73. The summed E-state index contributed by atoms with van der Waals surface area (Å²) in [6.45, 7) is 19.0. The summed E-state index contributed by atoms with van der Waals surface area (Å²) in [7, 11) is 0. The molecule has 0 amide bonds. The first-order chi connectivity index (χ1) is 18.2. The lowest BCUT2D eigenvalue weighted by Gasteiger charge is -2.70. The van der Waals surface area contributed by atoms with Crippen LogP contribution in [-0.2, 0) is 14.3 Å². The Balaban J connectivity index is 1.60. The normalized spacial score (nSPS) is 48.8. The number of carbonyl (C=O) groups is 2. The number of rotatable bonds is 4. The Morgan fingerprint density at radius 1 is 1.05 bits per heavy atom. The lowest BCUT2D eigenvalue weighted by atomic mass is 9.34. The van der Waals surface area contributed by atoms with Crippen molar-refractivity contribution in [3.05, 3.63) is 23.3 Å². The van der Waals surface area contributed by atoms with E-state index in [9.17, 15) is 14.9 Å². The molecule has 4 nitrogen and oxygen atoms in total. The van der Waals surface area contributed by atoms with E-state index in [1.807, 2.05) is 6.08 Å². The van der Waals surface area contributed by atoms with Crippen molar-refractivity contribution in [1.29, 1.82) is 5.26 Å². The lowest BCUT2D eigenvalue weighted by molar-refractivity contribution is -0.183. The Hall–Kier alpha value is -1.89. The summed E-state index contributed by atoms with van der Waals surface area (Å²) in [4.78, 5) is 27.4. The largest absolute Gasteiger partial charge is 0.465 e. The smallest absolute Gasteiger partial charge is 0.320 e. The summed E-state index contributed by atoms with van der Waals surface area (Å²) in [5, 5.41) is 10.1. The fourth-order valence-corrected chi connectivity index (χ4v) is 10.9. The van der Waals surface area contributed by atoms with Crippen LogP contribution < -0.4 is 0 Å². The SMILES string of the molecule is CCCCOC(=O)[C@@]1(C)C(=O)C(C#N)=C[C@@]2(C)C1CC[C@]1(C)C2CC=C2C3[C@@H](C)[C@H](C)CC[C@]3(C)CC[C@]21C. The first kappa shape index (κ1) is 28.6. The molecule has 5 aliphatic rings. The molecule has 0 N–H and O–H groups in total. The van der Waals surface area contributed by atoms with Crippen LogP contribution in [0.4, 0.5) is 0 Å². The van der Waals surface area contributed by atoms with Gasteiger partial charge in [0.05, 0.1) is 12.2 Å². The van der Waals surface area contributed by atoms with Crippen molar-refractivity contribution >= 4 is 11.8 Å². The molecule has 214 valence electrons. The van der Waals surface area contributed by atoms with Crippen molar-refractivity contribution in [3.63, 3.8) is 0 Å². The molecule has 5 rings (SSSR count). The van der Waals surface area contributed by atoms with Gasteiger partial charge in [0.2, 0.25) is 0 Å². The van der Waals surface area contributed by atoms with Gasteiger partial charge >= 0.3 is 5.97 Å². The molecule has 39 heavy (non-hydrogen) atoms. The van der Waals surface area contributed by atoms with Crippen molar-refractivity contribution in [2.45, 2.75) is 113 Å². The molecule has 0 aliphatic heterocycles. The minimum atomic E-state index is -1.31. The molecule has 0 aromatic rings. The number of fused-ring (bicyclic) bond motifs is 7. The Morgan fingerprint density at radius 2 is 1.77 bits per heavy atom. The zero-order valence-electron chi connectivity index (χ0n) is 25.8. The number of nitrogens with zero attached hydrogens (tertiary/aromatic N) is 1. The second kappa shape index (κ2) is 9.32. The van der Waals surface area contributed by atoms with Gasteiger partial charge in [0.15, 0.2) is 5.78 Å². The van der Waals surface area contributed by atoms with E-state index >= 15 is 0 Å². The highest BCUT2D eigenvalue weighted by molar-refractivity contribution is 6.15. The number of hydrogen-bond donors (Lipinski definition) is 0. The summed E-state index contributed by atoms with van der Waals surface area (Å²) >= 11 is 0. The number of nitriles is 1. The van der Waals surface area contributed by atoms with Gasteiger partial charge in [-0.2, -0.15) is 5.26 Å². The Labute approximate surface area is 237 Å². The molecule has 0 aromatic heterocycles. The maximum Gasteiger partial charge on any atom is 0.320 e. The molecule has 3 fully saturated rings. The van der Waals surface area contributed by atoms with Gasteiger partial charge in [-0.1, -0.05) is 72.6 Å². The maximum atomic E-state index is 13.7. The zero-order chi connectivity index (χ0) is 28.6. The topological polar surface area (TPSA) is 67.2 Å². The summed E-state index contributed by atoms with van der Waals surface area (Å²) in [6, 6.07) is 2.20. The Kier molecular flexibility index (Phi) is 6.84. The summed E-state index contributed by atoms with van der Waals surface area (Å²) in [5.74, 6) is 1.38. The standard InChI is InChI=1S/C35H51NO3/c1-9-10-19-39-30(38)35(8)27-14-16-34(7)26(32(27,5)20-24(21-36)29(35)37)12-11-25-28-23(3)22(2)13-15-31(28,4)17-18-33(25,34)6/h11,20,22-23,26-28H,9-10,12-19H2,1-8H3/t22-,23+,26?,27?,28?,31-,32-,33-,34-,35-/m1/s1. The van der Waals surface area contributed by atoms with Crippen LogP contribution in [0.25, 0.3) is 0 Å². The van der Waals surface area contributed by atoms with Crippen LogP contribution in [0.3, 0.4) is 0 Å². The van der Waals surface area contributed by atoms with E-state index in [0.29, 0.717) is 23.9 Å². The van der Waals surface area contributed by atoms with Crippen LogP contribution in [0.2, 0.25) is 0 Å². The molecule has 5 aliphatic carbocycles. The second-order valence-corrected chi connectivity index (χ2v) is 15.4. The van der Waals surface area contributed by atoms with Gasteiger partial charge in [0.25, 0.3) is 0 Å². The molecule has 10 atom stereocenters. The van der Waals surface area contributed by atoms with Gasteiger partial charge in [0, 0.05) is 0 Å². The molecule has 0 radical (unpaired) electrons. The fourth-order valence-electron chi connectivity index (χ4n) is 10.9. The van der Waals surface area contributed by atoms with E-state index in [0.717, 1.165) is 38.0 Å². The summed E-state index contributed by atoms with van der Waals surface area (Å²) in [6.07, 6.45) is 14.2. The van der Waals surface area contributed by atoms with Crippen molar-refractivity contribution in [3.8, 4) is 6.07 Å². The van der Waals surface area contributed by atoms with Gasteiger partial charge in [-0.25, -0.2) is 0 Å². The van der Waals surface area contributed by atoms with Gasteiger partial charge in [-0.3, -0.25) is 9.59 Å². The van der Waals surface area contributed by atoms with Gasteiger partial charge in [-0.05, 0) is 110 Å². The second-order valence-electron chi connectivity index (χ2n) is 15.4. The van der Waals surface area contributed by atoms with E-state index in [1.54, 1.807) is 12.5 Å². The van der Waals surface area contributed by atoms with Gasteiger partial charge < -0.3 is 4.74 Å². The van der Waals surface area contributed by atoms with E-state index < -0.39 is 16.8 Å². The maximum absolute atomic E-state index is 13.7. The first-order valence-corrected chi connectivity index (χ1v) is 15.8. The predicted octanol–water partition coefficient (Wildman–Crippen LogP) is 8.23. The highest BCUT2D eigenvalue weighted by Gasteiger charge is 2.70. The number of hydrogen-bond acceptors (Lipinski definition) is 4. The van der Waals surface area contributed by atoms with E-state index in [-0.39, 0.29) is 34.0 Å². The van der Waals surface area contributed by atoms with Gasteiger partial charge in [0.1, 0.15) is 11.5 Å². The molecule has 0 saturated heterocycles. The van der Waals surface area contributed by atoms with Crippen LogP contribution in [0.1, 0.15) is 113 Å². The highest BCUT2D eigenvalue weighted by Crippen LogP contribution is 2.75. The number of allylic oxidation sites excluding steroid dienone is 4. The average molecular weight is 534 g/mol. The minimum Gasteiger partial charge on any atom is -0.465 e. The predicted molar refractivity (Wildman–Crippen MR) is 154 cm³/mol. The molecular weight excluding hydrogens is 482 g/mol. The minimum absolute atomic E-state index is 0.0363. The Morgan fingerprint density at radius 3 is 2.44 bits per heavy atom. The fraction of sp³-hybridized carbons (Fsp3) is 0.800. The molecule has 4 heteroatoms. The molecule has 0 aromatic carbocycles. The third kappa shape index (κ3) is 3.66. The van der Waals surface area contributed by atoms with Gasteiger partial charge in [-0.15, -0.1) is 0 Å². The summed E-state index contributed by atoms with van der Waals surface area (Å²) in [5.41, 5.74) is 0.615. The van der Waals surface area contributed by atoms with Crippen LogP contribution in [0.5, 0.6) is 0 Å². The van der Waals surface area contributed by atoms with E-state index in [1.165, 1.54) is 25.7 Å².